The average molecular weight is 431 g/mol. The van der Waals surface area contributed by atoms with Gasteiger partial charge < -0.3 is 4.90 Å². The summed E-state index contributed by atoms with van der Waals surface area (Å²) in [7, 11) is 1.83. The zero-order chi connectivity index (χ0) is 20.4. The van der Waals surface area contributed by atoms with Gasteiger partial charge in [0.05, 0.1) is 5.39 Å². The van der Waals surface area contributed by atoms with E-state index in [0.29, 0.717) is 0 Å². The molecule has 0 unspecified atom stereocenters. The van der Waals surface area contributed by atoms with E-state index >= 15 is 0 Å². The molecule has 0 radical (unpaired) electrons. The maximum absolute atomic E-state index is 12.7. The lowest BCUT2D eigenvalue weighted by atomic mass is 10.2. The number of nitrogens with zero attached hydrogens (tertiary/aromatic N) is 6. The van der Waals surface area contributed by atoms with Gasteiger partial charge in [-0.05, 0) is 38.4 Å². The van der Waals surface area contributed by atoms with E-state index in [9.17, 15) is 4.79 Å². The molecule has 1 fully saturated rings. The first-order valence-electron chi connectivity index (χ1n) is 9.88. The summed E-state index contributed by atoms with van der Waals surface area (Å²) in [5, 5.41) is 1.59. The first-order chi connectivity index (χ1) is 14.0. The van der Waals surface area contributed by atoms with Gasteiger partial charge in [-0.1, -0.05) is 11.8 Å². The van der Waals surface area contributed by atoms with Gasteiger partial charge in [-0.3, -0.25) is 14.3 Å². The van der Waals surface area contributed by atoms with Crippen LogP contribution in [-0.2, 0) is 7.05 Å². The number of fused-ring (bicyclic) bond motifs is 1. The Kier molecular flexibility index (Phi) is 6.17. The number of aromatic nitrogens is 4. The summed E-state index contributed by atoms with van der Waals surface area (Å²) in [5.74, 6) is 1.78. The maximum Gasteiger partial charge on any atom is 0.262 e. The van der Waals surface area contributed by atoms with Crippen LogP contribution in [0.3, 0.4) is 0 Å². The first-order valence-corrected chi connectivity index (χ1v) is 11.7. The number of aryl methyl sites for hydroxylation is 2. The topological polar surface area (TPSA) is 67.2 Å². The van der Waals surface area contributed by atoms with Crippen molar-refractivity contribution >= 4 is 39.3 Å². The molecule has 0 aromatic carbocycles. The highest BCUT2D eigenvalue weighted by molar-refractivity contribution is 7.99. The zero-order valence-corrected chi connectivity index (χ0v) is 18.7. The van der Waals surface area contributed by atoms with Crippen molar-refractivity contribution in [3.63, 3.8) is 0 Å². The lowest BCUT2D eigenvalue weighted by molar-refractivity contribution is 0.258. The molecule has 1 aliphatic rings. The number of thioether (sulfide) groups is 1. The first kappa shape index (κ1) is 20.3. The third-order valence-electron chi connectivity index (χ3n) is 5.43. The average Bonchev–Trinajstić information content (AvgIpc) is 3.03. The van der Waals surface area contributed by atoms with Gasteiger partial charge in [0, 0.05) is 56.3 Å². The molecular weight excluding hydrogens is 404 g/mol. The van der Waals surface area contributed by atoms with E-state index in [1.54, 1.807) is 40.1 Å². The summed E-state index contributed by atoms with van der Waals surface area (Å²) in [6, 6.07) is 1.85. The zero-order valence-electron chi connectivity index (χ0n) is 17.1. The Morgan fingerprint density at radius 3 is 2.59 bits per heavy atom. The molecule has 0 N–H and O–H groups in total. The molecule has 1 aliphatic heterocycles. The molecule has 4 rings (SSSR count). The molecule has 0 amide bonds. The van der Waals surface area contributed by atoms with Gasteiger partial charge in [-0.25, -0.2) is 15.0 Å². The van der Waals surface area contributed by atoms with E-state index in [2.05, 4.69) is 26.7 Å². The second-order valence-electron chi connectivity index (χ2n) is 7.30. The molecule has 0 atom stereocenters. The van der Waals surface area contributed by atoms with Crippen LogP contribution in [0.5, 0.6) is 0 Å². The van der Waals surface area contributed by atoms with Crippen LogP contribution in [0.2, 0.25) is 0 Å². The maximum atomic E-state index is 12.7. The molecular formula is C20H26N6OS2. The molecule has 3 aromatic heterocycles. The lowest BCUT2D eigenvalue weighted by Gasteiger charge is -2.34. The van der Waals surface area contributed by atoms with Crippen molar-refractivity contribution in [2.24, 2.45) is 7.05 Å². The van der Waals surface area contributed by atoms with Gasteiger partial charge in [-0.15, -0.1) is 11.3 Å². The van der Waals surface area contributed by atoms with Crippen molar-refractivity contribution in [2.45, 2.75) is 25.4 Å². The second-order valence-corrected chi connectivity index (χ2v) is 9.57. The third kappa shape index (κ3) is 4.31. The number of rotatable bonds is 6. The molecule has 154 valence electrons. The molecule has 0 spiro atoms. The van der Waals surface area contributed by atoms with Gasteiger partial charge in [0.2, 0.25) is 5.95 Å². The van der Waals surface area contributed by atoms with Crippen molar-refractivity contribution in [3.8, 4) is 0 Å². The number of hydrogen-bond donors (Lipinski definition) is 0. The summed E-state index contributed by atoms with van der Waals surface area (Å²) >= 11 is 3.29. The van der Waals surface area contributed by atoms with Crippen LogP contribution < -0.4 is 10.5 Å². The molecule has 3 aromatic rings. The molecule has 0 aliphatic carbocycles. The molecule has 4 heterocycles. The van der Waals surface area contributed by atoms with Gasteiger partial charge in [0.15, 0.2) is 5.16 Å². The number of thiophene rings is 1. The summed E-state index contributed by atoms with van der Waals surface area (Å²) < 4.78 is 1.70. The normalized spacial score (nSPS) is 15.3. The van der Waals surface area contributed by atoms with E-state index < -0.39 is 0 Å². The molecule has 0 bridgehead atoms. The van der Waals surface area contributed by atoms with Crippen LogP contribution in [0.15, 0.2) is 28.4 Å². The largest absolute Gasteiger partial charge is 0.338 e. The molecule has 0 saturated carbocycles. The van der Waals surface area contributed by atoms with Crippen molar-refractivity contribution in [2.75, 3.05) is 43.4 Å². The number of hydrogen-bond acceptors (Lipinski definition) is 8. The summed E-state index contributed by atoms with van der Waals surface area (Å²) in [6.45, 7) is 9.09. The number of anilines is 1. The van der Waals surface area contributed by atoms with Crippen molar-refractivity contribution < 1.29 is 0 Å². The summed E-state index contributed by atoms with van der Waals surface area (Å²) in [6.07, 6.45) is 4.66. The van der Waals surface area contributed by atoms with Crippen LogP contribution in [0, 0.1) is 13.8 Å². The van der Waals surface area contributed by atoms with Crippen LogP contribution in [0.1, 0.15) is 16.9 Å². The standard InChI is InChI=1S/C20H26N6OS2/c1-14-15(2)29-17-16(14)18(27)24(3)20(23-17)28-13-5-8-25-9-11-26(12-10-25)19-21-6-4-7-22-19/h4,6-7H,5,8-13H2,1-3H3. The number of piperazine rings is 1. The lowest BCUT2D eigenvalue weighted by Crippen LogP contribution is -2.47. The van der Waals surface area contributed by atoms with Gasteiger partial charge in [0.1, 0.15) is 4.83 Å². The fourth-order valence-electron chi connectivity index (χ4n) is 3.56. The third-order valence-corrected chi connectivity index (χ3v) is 7.64. The van der Waals surface area contributed by atoms with Gasteiger partial charge >= 0.3 is 0 Å². The smallest absolute Gasteiger partial charge is 0.262 e. The van der Waals surface area contributed by atoms with Crippen molar-refractivity contribution in [1.29, 1.82) is 0 Å². The molecule has 9 heteroatoms. The molecule has 7 nitrogen and oxygen atoms in total. The highest BCUT2D eigenvalue weighted by Crippen LogP contribution is 2.28. The second kappa shape index (κ2) is 8.81. The monoisotopic (exact) mass is 430 g/mol. The predicted octanol–water partition coefficient (Wildman–Crippen LogP) is 2.71. The Bertz CT molecular complexity index is 1040. The highest BCUT2D eigenvalue weighted by Gasteiger charge is 2.19. The van der Waals surface area contributed by atoms with Crippen LogP contribution in [0.25, 0.3) is 10.2 Å². The van der Waals surface area contributed by atoms with E-state index in [1.807, 2.05) is 20.0 Å². The van der Waals surface area contributed by atoms with Gasteiger partial charge in [-0.2, -0.15) is 0 Å². The van der Waals surface area contributed by atoms with Crippen LogP contribution >= 0.6 is 23.1 Å². The minimum atomic E-state index is 0.0682. The Morgan fingerprint density at radius 1 is 1.14 bits per heavy atom. The Hall–Kier alpha value is -1.97. The summed E-state index contributed by atoms with van der Waals surface area (Å²) in [4.78, 5) is 32.9. The Labute approximate surface area is 178 Å². The SMILES string of the molecule is Cc1sc2nc(SCCCN3CCN(c4ncccn4)CC3)n(C)c(=O)c2c1C. The fourth-order valence-corrected chi connectivity index (χ4v) is 5.53. The summed E-state index contributed by atoms with van der Waals surface area (Å²) in [5.41, 5.74) is 1.13. The van der Waals surface area contributed by atoms with E-state index in [1.165, 1.54) is 4.88 Å². The minimum absolute atomic E-state index is 0.0682. The van der Waals surface area contributed by atoms with E-state index in [4.69, 9.17) is 4.98 Å². The van der Waals surface area contributed by atoms with Crippen molar-refractivity contribution in [3.05, 3.63) is 39.3 Å². The van der Waals surface area contributed by atoms with Crippen LogP contribution in [-0.4, -0.2) is 62.9 Å². The van der Waals surface area contributed by atoms with E-state index in [-0.39, 0.29) is 5.56 Å². The Morgan fingerprint density at radius 2 is 1.86 bits per heavy atom. The fraction of sp³-hybridized carbons (Fsp3) is 0.500. The van der Waals surface area contributed by atoms with Gasteiger partial charge in [0.25, 0.3) is 5.56 Å². The predicted molar refractivity (Wildman–Crippen MR) is 120 cm³/mol. The highest BCUT2D eigenvalue weighted by atomic mass is 32.2. The quantitative estimate of drug-likeness (QED) is 0.338. The van der Waals surface area contributed by atoms with Crippen LogP contribution in [0.4, 0.5) is 5.95 Å². The molecule has 29 heavy (non-hydrogen) atoms. The molecule has 1 saturated heterocycles. The minimum Gasteiger partial charge on any atom is -0.338 e. The van der Waals surface area contributed by atoms with E-state index in [0.717, 1.165) is 71.8 Å². The van der Waals surface area contributed by atoms with Crippen molar-refractivity contribution in [1.82, 2.24) is 24.4 Å². The Balaban J connectivity index is 1.28.